The Balaban J connectivity index is 2.76. The van der Waals surface area contributed by atoms with Crippen molar-refractivity contribution in [2.24, 2.45) is 0 Å². The van der Waals surface area contributed by atoms with Crippen molar-refractivity contribution in [1.82, 2.24) is 0 Å². The van der Waals surface area contributed by atoms with Crippen LogP contribution in [0.3, 0.4) is 0 Å². The lowest BCUT2D eigenvalue weighted by molar-refractivity contribution is -0.336. The van der Waals surface area contributed by atoms with Crippen molar-refractivity contribution in [3.05, 3.63) is 70.7 Å². The zero-order chi connectivity index (χ0) is 16.6. The van der Waals surface area contributed by atoms with Gasteiger partial charge in [0.25, 0.3) is 0 Å². The summed E-state index contributed by atoms with van der Waals surface area (Å²) in [5, 5.41) is 10.3. The minimum absolute atomic E-state index is 0.0650. The Hall–Kier alpha value is -1.66. The molecule has 0 heterocycles. The van der Waals surface area contributed by atoms with Crippen LogP contribution in [0.25, 0.3) is 0 Å². The van der Waals surface area contributed by atoms with Gasteiger partial charge in [-0.3, -0.25) is 0 Å². The Labute approximate surface area is 128 Å². The third kappa shape index (κ3) is 2.57. The molecule has 0 amide bonds. The van der Waals surface area contributed by atoms with Gasteiger partial charge >= 0.3 is 12.1 Å². The van der Waals surface area contributed by atoms with E-state index in [1.54, 1.807) is 0 Å². The van der Waals surface area contributed by atoms with Crippen LogP contribution in [0.15, 0.2) is 54.6 Å². The molecule has 2 aromatic carbocycles. The maximum absolute atomic E-state index is 14.1. The van der Waals surface area contributed by atoms with Crippen molar-refractivity contribution >= 4 is 11.6 Å². The molecule has 2 rings (SSSR count). The highest BCUT2D eigenvalue weighted by Crippen LogP contribution is 2.51. The highest BCUT2D eigenvalue weighted by atomic mass is 35.5. The lowest BCUT2D eigenvalue weighted by atomic mass is 9.80. The molecular formula is C15H10ClF5O. The second kappa shape index (κ2) is 5.52. The molecule has 0 radical (unpaired) electrons. The molecule has 0 bridgehead atoms. The first-order chi connectivity index (χ1) is 10.1. The molecule has 0 saturated heterocycles. The minimum atomic E-state index is -5.94. The highest BCUT2D eigenvalue weighted by Gasteiger charge is 2.71. The van der Waals surface area contributed by atoms with E-state index in [4.69, 9.17) is 11.6 Å². The maximum Gasteiger partial charge on any atom is 0.457 e. The summed E-state index contributed by atoms with van der Waals surface area (Å²) in [6.07, 6.45) is -5.94. The van der Waals surface area contributed by atoms with Gasteiger partial charge in [-0.15, -0.1) is 0 Å². The van der Waals surface area contributed by atoms with Gasteiger partial charge in [-0.2, -0.15) is 22.0 Å². The van der Waals surface area contributed by atoms with Crippen molar-refractivity contribution < 1.29 is 27.1 Å². The Morgan fingerprint density at radius 1 is 0.773 bits per heavy atom. The van der Waals surface area contributed by atoms with Gasteiger partial charge in [0.15, 0.2) is 5.60 Å². The molecule has 0 aliphatic heterocycles. The lowest BCUT2D eigenvalue weighted by Gasteiger charge is -2.37. The number of aliphatic hydroxyl groups is 1. The molecule has 0 fully saturated rings. The van der Waals surface area contributed by atoms with Crippen LogP contribution in [0, 0.1) is 0 Å². The Morgan fingerprint density at radius 3 is 1.82 bits per heavy atom. The van der Waals surface area contributed by atoms with Crippen LogP contribution < -0.4 is 0 Å². The molecule has 7 heteroatoms. The molecule has 0 saturated carbocycles. The third-order valence-electron chi connectivity index (χ3n) is 3.24. The van der Waals surface area contributed by atoms with E-state index < -0.39 is 28.8 Å². The van der Waals surface area contributed by atoms with Gasteiger partial charge < -0.3 is 5.11 Å². The number of alkyl halides is 5. The predicted molar refractivity (Wildman–Crippen MR) is 71.9 cm³/mol. The van der Waals surface area contributed by atoms with Gasteiger partial charge in [0.2, 0.25) is 0 Å². The van der Waals surface area contributed by atoms with E-state index in [1.807, 2.05) is 0 Å². The smallest absolute Gasteiger partial charge is 0.374 e. The second-order valence-corrected chi connectivity index (χ2v) is 5.10. The first kappa shape index (κ1) is 16.7. The van der Waals surface area contributed by atoms with Gasteiger partial charge in [0, 0.05) is 5.02 Å². The average Bonchev–Trinajstić information content (AvgIpc) is 2.46. The summed E-state index contributed by atoms with van der Waals surface area (Å²) in [5.74, 6) is -5.41. The number of benzene rings is 2. The van der Waals surface area contributed by atoms with Gasteiger partial charge in [0.1, 0.15) is 0 Å². The highest BCUT2D eigenvalue weighted by molar-refractivity contribution is 6.30. The number of halogens is 6. The first-order valence-corrected chi connectivity index (χ1v) is 6.47. The molecule has 1 unspecified atom stereocenters. The van der Waals surface area contributed by atoms with Crippen LogP contribution in [0.2, 0.25) is 5.02 Å². The molecule has 22 heavy (non-hydrogen) atoms. The molecule has 1 atom stereocenters. The van der Waals surface area contributed by atoms with Crippen LogP contribution in [0.1, 0.15) is 11.1 Å². The van der Waals surface area contributed by atoms with Gasteiger partial charge in [-0.25, -0.2) is 0 Å². The normalized spacial score (nSPS) is 15.4. The minimum Gasteiger partial charge on any atom is -0.374 e. The second-order valence-electron chi connectivity index (χ2n) is 4.66. The molecular weight excluding hydrogens is 327 g/mol. The predicted octanol–water partition coefficient (Wildman–Crippen LogP) is 4.77. The Bertz CT molecular complexity index is 656. The summed E-state index contributed by atoms with van der Waals surface area (Å²) >= 11 is 5.67. The van der Waals surface area contributed by atoms with Gasteiger partial charge in [0.05, 0.1) is 0 Å². The quantitative estimate of drug-likeness (QED) is 0.800. The maximum atomic E-state index is 14.1. The first-order valence-electron chi connectivity index (χ1n) is 6.09. The van der Waals surface area contributed by atoms with Crippen molar-refractivity contribution in [1.29, 1.82) is 0 Å². The monoisotopic (exact) mass is 336 g/mol. The summed E-state index contributed by atoms with van der Waals surface area (Å²) < 4.78 is 66.7. The largest absolute Gasteiger partial charge is 0.457 e. The summed E-state index contributed by atoms with van der Waals surface area (Å²) in [7, 11) is 0. The molecule has 1 N–H and O–H groups in total. The Kier molecular flexibility index (Phi) is 4.19. The van der Waals surface area contributed by atoms with Crippen LogP contribution in [0.5, 0.6) is 0 Å². The molecule has 0 spiro atoms. The number of rotatable bonds is 3. The van der Waals surface area contributed by atoms with Crippen molar-refractivity contribution in [2.45, 2.75) is 17.7 Å². The lowest BCUT2D eigenvalue weighted by Crippen LogP contribution is -2.55. The summed E-state index contributed by atoms with van der Waals surface area (Å²) in [5.41, 5.74) is -4.81. The molecule has 0 aliphatic carbocycles. The number of hydrogen-bond donors (Lipinski definition) is 1. The van der Waals surface area contributed by atoms with Crippen molar-refractivity contribution in [2.75, 3.05) is 0 Å². The van der Waals surface area contributed by atoms with E-state index in [0.29, 0.717) is 0 Å². The molecule has 1 nitrogen and oxygen atoms in total. The molecule has 2 aromatic rings. The zero-order valence-electron chi connectivity index (χ0n) is 10.9. The number of hydrogen-bond acceptors (Lipinski definition) is 1. The van der Waals surface area contributed by atoms with E-state index in [9.17, 15) is 27.1 Å². The van der Waals surface area contributed by atoms with E-state index in [0.717, 1.165) is 24.3 Å². The van der Waals surface area contributed by atoms with Crippen molar-refractivity contribution in [3.63, 3.8) is 0 Å². The van der Waals surface area contributed by atoms with E-state index in [1.165, 1.54) is 30.3 Å². The fourth-order valence-electron chi connectivity index (χ4n) is 2.13. The van der Waals surface area contributed by atoms with Gasteiger partial charge in [-0.1, -0.05) is 54.1 Å². The van der Waals surface area contributed by atoms with Crippen LogP contribution in [-0.2, 0) is 5.60 Å². The van der Waals surface area contributed by atoms with E-state index in [-0.39, 0.29) is 5.02 Å². The third-order valence-corrected chi connectivity index (χ3v) is 3.48. The van der Waals surface area contributed by atoms with E-state index in [2.05, 4.69) is 0 Å². The topological polar surface area (TPSA) is 20.2 Å². The summed E-state index contributed by atoms with van der Waals surface area (Å²) in [6, 6.07) is 10.3. The average molecular weight is 337 g/mol. The van der Waals surface area contributed by atoms with Crippen LogP contribution in [0.4, 0.5) is 22.0 Å². The van der Waals surface area contributed by atoms with Crippen molar-refractivity contribution in [3.8, 4) is 0 Å². The van der Waals surface area contributed by atoms with Crippen LogP contribution in [-0.4, -0.2) is 17.2 Å². The van der Waals surface area contributed by atoms with E-state index >= 15 is 0 Å². The summed E-state index contributed by atoms with van der Waals surface area (Å²) in [4.78, 5) is 0. The fraction of sp³-hybridized carbons (Fsp3) is 0.200. The standard InChI is InChI=1S/C15H10ClF5O/c16-12-8-4-7-11(9-12)13(22,10-5-2-1-3-6-10)14(17,18)15(19,20)21/h1-9,22H. The van der Waals surface area contributed by atoms with Gasteiger partial charge in [-0.05, 0) is 23.3 Å². The molecule has 118 valence electrons. The molecule has 0 aromatic heterocycles. The summed E-state index contributed by atoms with van der Waals surface area (Å²) in [6.45, 7) is 0. The zero-order valence-corrected chi connectivity index (χ0v) is 11.7. The SMILES string of the molecule is OC(c1ccccc1)(c1cccc(Cl)c1)C(F)(F)C(F)(F)F. The molecule has 0 aliphatic rings. The fourth-order valence-corrected chi connectivity index (χ4v) is 2.32. The Morgan fingerprint density at radius 2 is 1.32 bits per heavy atom. The van der Waals surface area contributed by atoms with Crippen LogP contribution >= 0.6 is 11.6 Å².